The van der Waals surface area contributed by atoms with E-state index in [0.29, 0.717) is 60.3 Å². The van der Waals surface area contributed by atoms with Gasteiger partial charge >= 0.3 is 0 Å². The van der Waals surface area contributed by atoms with Crippen molar-refractivity contribution in [2.45, 2.75) is 23.3 Å². The average Bonchev–Trinajstić information content (AvgIpc) is 3.36. The molecule has 0 saturated carbocycles. The molecule has 1 aliphatic rings. The third-order valence-electron chi connectivity index (χ3n) is 6.31. The van der Waals surface area contributed by atoms with Crippen LogP contribution < -0.4 is 9.88 Å². The quantitative estimate of drug-likeness (QED) is 0.345. The summed E-state index contributed by atoms with van der Waals surface area (Å²) in [6.07, 6.45) is 7.76. The van der Waals surface area contributed by atoms with E-state index in [1.54, 1.807) is 42.7 Å². The molecule has 0 amide bonds. The molecule has 10 heteroatoms. The molecule has 1 aliphatic heterocycles. The van der Waals surface area contributed by atoms with Crippen LogP contribution in [-0.4, -0.2) is 43.3 Å². The predicted molar refractivity (Wildman–Crippen MR) is 141 cm³/mol. The first-order valence-corrected chi connectivity index (χ1v) is 13.6. The fraction of sp³-hybridized carbons (Fsp3) is 0.214. The first-order valence-electron chi connectivity index (χ1n) is 12.1. The molecule has 38 heavy (non-hydrogen) atoms. The summed E-state index contributed by atoms with van der Waals surface area (Å²) < 4.78 is 40.5. The van der Waals surface area contributed by atoms with Gasteiger partial charge in [-0.05, 0) is 36.4 Å². The van der Waals surface area contributed by atoms with Crippen LogP contribution in [0.2, 0.25) is 0 Å². The molecule has 0 spiro atoms. The summed E-state index contributed by atoms with van der Waals surface area (Å²) in [6.45, 7) is 1.24. The highest BCUT2D eigenvalue weighted by molar-refractivity contribution is 7.89. The number of benzene rings is 2. The van der Waals surface area contributed by atoms with Gasteiger partial charge in [0.25, 0.3) is 0 Å². The van der Waals surface area contributed by atoms with Gasteiger partial charge in [-0.25, -0.2) is 18.5 Å². The van der Waals surface area contributed by atoms with Gasteiger partial charge in [-0.2, -0.15) is 0 Å². The van der Waals surface area contributed by atoms with E-state index in [9.17, 15) is 13.5 Å². The Kier molecular flexibility index (Phi) is 7.39. The second kappa shape index (κ2) is 10.9. The topological polar surface area (TPSA) is 138 Å². The molecule has 196 valence electrons. The summed E-state index contributed by atoms with van der Waals surface area (Å²) in [5, 5.41) is 16.1. The number of hydrogen-bond acceptors (Lipinski definition) is 8. The smallest absolute Gasteiger partial charge is 0.238 e. The number of primary sulfonamides is 1. The monoisotopic (exact) mass is 533 g/mol. The van der Waals surface area contributed by atoms with Crippen LogP contribution >= 0.6 is 0 Å². The van der Waals surface area contributed by atoms with Crippen molar-refractivity contribution in [1.82, 2.24) is 9.97 Å². The summed E-state index contributed by atoms with van der Waals surface area (Å²) in [7, 11) is -3.80. The lowest BCUT2D eigenvalue weighted by Crippen LogP contribution is -2.33. The Hall–Kier alpha value is -3.83. The summed E-state index contributed by atoms with van der Waals surface area (Å²) in [5.74, 6) is 1.40. The van der Waals surface area contributed by atoms with E-state index < -0.39 is 15.6 Å². The Balaban J connectivity index is 1.34. The van der Waals surface area contributed by atoms with Crippen LogP contribution in [0.4, 0.5) is 0 Å². The molecule has 0 atom stereocenters. The molecule has 1 saturated heterocycles. The maximum atomic E-state index is 11.6. The number of hydrogen-bond donors (Lipinski definition) is 2. The highest BCUT2D eigenvalue weighted by Gasteiger charge is 2.32. The molecule has 2 aromatic carbocycles. The summed E-state index contributed by atoms with van der Waals surface area (Å²) in [4.78, 5) is 8.88. The highest BCUT2D eigenvalue weighted by Crippen LogP contribution is 2.34. The largest absolute Gasteiger partial charge is 0.488 e. The van der Waals surface area contributed by atoms with Gasteiger partial charge in [0.1, 0.15) is 18.1 Å². The molecule has 9 nitrogen and oxygen atoms in total. The van der Waals surface area contributed by atoms with E-state index in [2.05, 4.69) is 9.97 Å². The molecule has 0 unspecified atom stereocenters. The molecule has 4 aromatic rings. The van der Waals surface area contributed by atoms with Crippen LogP contribution in [0.3, 0.4) is 0 Å². The van der Waals surface area contributed by atoms with Gasteiger partial charge in [-0.1, -0.05) is 30.3 Å². The van der Waals surface area contributed by atoms with Crippen LogP contribution in [0, 0.1) is 0 Å². The number of sulfonamides is 1. The molecular formula is C28H27N3O6S. The number of oxazole rings is 1. The lowest BCUT2D eigenvalue weighted by Gasteiger charge is -2.32. The number of ether oxygens (including phenoxy) is 2. The molecular weight excluding hydrogens is 506 g/mol. The van der Waals surface area contributed by atoms with Gasteiger partial charge in [-0.15, -0.1) is 0 Å². The van der Waals surface area contributed by atoms with E-state index >= 15 is 0 Å². The second-order valence-electron chi connectivity index (χ2n) is 8.93. The minimum atomic E-state index is -3.80. The van der Waals surface area contributed by atoms with Crippen molar-refractivity contribution >= 4 is 16.1 Å². The normalized spacial score (nSPS) is 15.5. The zero-order chi connectivity index (χ0) is 26.6. The SMILES string of the molecule is NS(=O)(=O)c1ccc(-c2oc(/C=C\COc3cncc(C4(O)CCOCC4)c3)nc2-c2ccccc2)cc1. The summed E-state index contributed by atoms with van der Waals surface area (Å²) in [6, 6.07) is 17.5. The fourth-order valence-corrected chi connectivity index (χ4v) is 4.75. The first kappa shape index (κ1) is 25.8. The standard InChI is InChI=1S/C28H27N3O6S/c29-38(33,34)24-10-8-21(9-11-24)27-26(20-5-2-1-3-6-20)31-25(37-27)7-4-14-36-23-17-22(18-30-19-23)28(32)12-15-35-16-13-28/h1-11,17-19,32H,12-16H2,(H2,29,33,34)/b7-4-. The number of aromatic nitrogens is 2. The number of aliphatic hydroxyl groups is 1. The van der Waals surface area contributed by atoms with Crippen molar-refractivity contribution in [2.24, 2.45) is 5.14 Å². The van der Waals surface area contributed by atoms with Crippen molar-refractivity contribution in [3.05, 3.63) is 90.6 Å². The van der Waals surface area contributed by atoms with Crippen LogP contribution in [0.15, 0.2) is 88.4 Å². The van der Waals surface area contributed by atoms with Gasteiger partial charge < -0.3 is 19.0 Å². The highest BCUT2D eigenvalue weighted by atomic mass is 32.2. The van der Waals surface area contributed by atoms with Crippen molar-refractivity contribution in [1.29, 1.82) is 0 Å². The third kappa shape index (κ3) is 5.84. The van der Waals surface area contributed by atoms with Crippen molar-refractivity contribution in [3.8, 4) is 28.3 Å². The molecule has 0 aliphatic carbocycles. The average molecular weight is 534 g/mol. The van der Waals surface area contributed by atoms with Crippen LogP contribution in [0.25, 0.3) is 28.7 Å². The minimum absolute atomic E-state index is 0.0155. The lowest BCUT2D eigenvalue weighted by atomic mass is 9.87. The Morgan fingerprint density at radius 3 is 2.47 bits per heavy atom. The van der Waals surface area contributed by atoms with Crippen LogP contribution in [0.1, 0.15) is 24.3 Å². The first-order chi connectivity index (χ1) is 18.3. The minimum Gasteiger partial charge on any atom is -0.488 e. The molecule has 2 aromatic heterocycles. The molecule has 0 radical (unpaired) electrons. The zero-order valence-electron chi connectivity index (χ0n) is 20.5. The van der Waals surface area contributed by atoms with E-state index in [1.165, 1.54) is 12.1 Å². The maximum Gasteiger partial charge on any atom is 0.238 e. The zero-order valence-corrected chi connectivity index (χ0v) is 21.3. The third-order valence-corrected chi connectivity index (χ3v) is 7.24. The van der Waals surface area contributed by atoms with E-state index in [0.717, 1.165) is 5.56 Å². The van der Waals surface area contributed by atoms with Gasteiger partial charge in [0, 0.05) is 55.0 Å². The Morgan fingerprint density at radius 2 is 1.76 bits per heavy atom. The maximum absolute atomic E-state index is 11.6. The molecule has 1 fully saturated rings. The van der Waals surface area contributed by atoms with Crippen molar-refractivity contribution < 1.29 is 27.4 Å². The Bertz CT molecular complexity index is 1530. The van der Waals surface area contributed by atoms with Crippen LogP contribution in [0.5, 0.6) is 5.75 Å². The lowest BCUT2D eigenvalue weighted by molar-refractivity contribution is -0.0682. The molecule has 3 N–H and O–H groups in total. The van der Waals surface area contributed by atoms with E-state index in [-0.39, 0.29) is 11.5 Å². The van der Waals surface area contributed by atoms with Gasteiger partial charge in [-0.3, -0.25) is 4.98 Å². The number of pyridine rings is 1. The number of nitrogens with two attached hydrogens (primary N) is 1. The summed E-state index contributed by atoms with van der Waals surface area (Å²) in [5.41, 5.74) is 1.88. The molecule has 3 heterocycles. The van der Waals surface area contributed by atoms with Gasteiger partial charge in [0.2, 0.25) is 15.9 Å². The van der Waals surface area contributed by atoms with Gasteiger partial charge in [0.15, 0.2) is 5.76 Å². The summed E-state index contributed by atoms with van der Waals surface area (Å²) >= 11 is 0. The predicted octanol–water partition coefficient (Wildman–Crippen LogP) is 4.14. The molecule has 0 bridgehead atoms. The second-order valence-corrected chi connectivity index (χ2v) is 10.5. The van der Waals surface area contributed by atoms with Crippen molar-refractivity contribution in [2.75, 3.05) is 19.8 Å². The van der Waals surface area contributed by atoms with Gasteiger partial charge in [0.05, 0.1) is 16.7 Å². The number of nitrogens with zero attached hydrogens (tertiary/aromatic N) is 2. The molecule has 5 rings (SSSR count). The number of rotatable bonds is 8. The van der Waals surface area contributed by atoms with Crippen LogP contribution in [-0.2, 0) is 20.4 Å². The fourth-order valence-electron chi connectivity index (χ4n) is 4.23. The Labute approximate surface area is 220 Å². The van der Waals surface area contributed by atoms with E-state index in [1.807, 2.05) is 30.3 Å². The Morgan fingerprint density at radius 1 is 1.03 bits per heavy atom. The van der Waals surface area contributed by atoms with Crippen molar-refractivity contribution in [3.63, 3.8) is 0 Å². The van der Waals surface area contributed by atoms with E-state index in [4.69, 9.17) is 19.0 Å².